The minimum atomic E-state index is -0.191. The normalized spacial score (nSPS) is 25.9. The minimum Gasteiger partial charge on any atom is -0.351 e. The Balaban J connectivity index is 1.89. The highest BCUT2D eigenvalue weighted by Gasteiger charge is 2.48. The number of hydrogen-bond acceptors (Lipinski definition) is 3. The van der Waals surface area contributed by atoms with Crippen molar-refractivity contribution < 1.29 is 19.3 Å². The summed E-state index contributed by atoms with van der Waals surface area (Å²) in [5.41, 5.74) is 0. The third-order valence-electron chi connectivity index (χ3n) is 4.06. The number of amides is 3. The summed E-state index contributed by atoms with van der Waals surface area (Å²) in [7, 11) is 1.83. The van der Waals surface area contributed by atoms with E-state index in [4.69, 9.17) is 0 Å². The molecule has 2 rings (SSSR count). The monoisotopic (exact) mass is 294 g/mol. The van der Waals surface area contributed by atoms with Crippen molar-refractivity contribution in [3.63, 3.8) is 0 Å². The van der Waals surface area contributed by atoms with E-state index in [-0.39, 0.29) is 42.8 Å². The SMILES string of the molecule is CCCNC(=O)C[NH+](C)CN1C(=O)[C@H]2CC=CC[C@H]2C1=O. The van der Waals surface area contributed by atoms with E-state index in [0.29, 0.717) is 19.4 Å². The molecule has 2 aliphatic rings. The molecule has 6 nitrogen and oxygen atoms in total. The molecule has 6 heteroatoms. The Morgan fingerprint density at radius 1 is 1.29 bits per heavy atom. The maximum absolute atomic E-state index is 12.3. The predicted molar refractivity (Wildman–Crippen MR) is 77.1 cm³/mol. The van der Waals surface area contributed by atoms with Crippen molar-refractivity contribution in [2.24, 2.45) is 11.8 Å². The number of nitrogens with zero attached hydrogens (tertiary/aromatic N) is 1. The molecule has 1 aliphatic heterocycles. The van der Waals surface area contributed by atoms with Gasteiger partial charge in [-0.25, -0.2) is 4.90 Å². The Morgan fingerprint density at radius 3 is 2.38 bits per heavy atom. The molecular formula is C15H24N3O3+. The molecule has 0 aromatic heterocycles. The van der Waals surface area contributed by atoms with Crippen LogP contribution in [0.15, 0.2) is 12.2 Å². The Kier molecular flexibility index (Phi) is 5.12. The smallest absolute Gasteiger partial charge is 0.275 e. The predicted octanol–water partition coefficient (Wildman–Crippen LogP) is -1.06. The first kappa shape index (κ1) is 15.7. The van der Waals surface area contributed by atoms with Crippen molar-refractivity contribution in [1.82, 2.24) is 10.2 Å². The molecule has 1 fully saturated rings. The number of quaternary nitrogens is 1. The zero-order chi connectivity index (χ0) is 15.4. The second-order valence-electron chi connectivity index (χ2n) is 5.90. The number of allylic oxidation sites excluding steroid dienone is 2. The third kappa shape index (κ3) is 3.50. The fourth-order valence-corrected chi connectivity index (χ4v) is 2.95. The first-order chi connectivity index (χ1) is 10.0. The summed E-state index contributed by atoms with van der Waals surface area (Å²) in [6.07, 6.45) is 6.16. The van der Waals surface area contributed by atoms with Gasteiger partial charge in [-0.2, -0.15) is 0 Å². The summed E-state index contributed by atoms with van der Waals surface area (Å²) in [5.74, 6) is -0.591. The molecule has 116 valence electrons. The highest BCUT2D eigenvalue weighted by Crippen LogP contribution is 2.34. The van der Waals surface area contributed by atoms with Gasteiger partial charge >= 0.3 is 0 Å². The molecule has 0 radical (unpaired) electrons. The summed E-state index contributed by atoms with van der Waals surface area (Å²) in [5, 5.41) is 2.80. The molecule has 0 aromatic carbocycles. The molecule has 3 amide bonds. The highest BCUT2D eigenvalue weighted by atomic mass is 16.2. The molecule has 0 spiro atoms. The number of fused-ring (bicyclic) bond motifs is 1. The van der Waals surface area contributed by atoms with E-state index in [1.807, 2.05) is 26.1 Å². The maximum atomic E-state index is 12.3. The third-order valence-corrected chi connectivity index (χ3v) is 4.06. The zero-order valence-electron chi connectivity index (χ0n) is 12.7. The van der Waals surface area contributed by atoms with Crippen LogP contribution < -0.4 is 10.2 Å². The summed E-state index contributed by atoms with van der Waals surface area (Å²) in [6, 6.07) is 0. The number of nitrogens with one attached hydrogen (secondary N) is 2. The number of imide groups is 1. The molecule has 21 heavy (non-hydrogen) atoms. The minimum absolute atomic E-state index is 0.0486. The number of rotatable bonds is 6. The second kappa shape index (κ2) is 6.85. The second-order valence-corrected chi connectivity index (χ2v) is 5.90. The molecule has 0 saturated carbocycles. The molecule has 3 atom stereocenters. The van der Waals surface area contributed by atoms with Crippen molar-refractivity contribution in [2.45, 2.75) is 26.2 Å². The summed E-state index contributed by atoms with van der Waals surface area (Å²) in [4.78, 5) is 38.5. The van der Waals surface area contributed by atoms with Gasteiger partial charge < -0.3 is 10.2 Å². The standard InChI is InChI=1S/C15H23N3O3/c1-3-8-16-13(19)9-17(2)10-18-14(20)11-6-4-5-7-12(11)15(18)21/h4-5,11-12H,3,6-10H2,1-2H3,(H,16,19)/p+1/t11-,12+. The van der Waals surface area contributed by atoms with Crippen LogP contribution in [0.25, 0.3) is 0 Å². The van der Waals surface area contributed by atoms with Crippen LogP contribution in [0.4, 0.5) is 0 Å². The number of carbonyl (C=O) groups excluding carboxylic acids is 3. The zero-order valence-corrected chi connectivity index (χ0v) is 12.7. The van der Waals surface area contributed by atoms with Gasteiger partial charge in [0.2, 0.25) is 11.8 Å². The Labute approximate surface area is 125 Å². The van der Waals surface area contributed by atoms with Crippen LogP contribution in [-0.4, -0.2) is 49.4 Å². The van der Waals surface area contributed by atoms with Crippen molar-refractivity contribution in [1.29, 1.82) is 0 Å². The number of likely N-dealkylation sites (N-methyl/N-ethyl adjacent to an activating group) is 1. The lowest BCUT2D eigenvalue weighted by Gasteiger charge is -2.20. The van der Waals surface area contributed by atoms with Crippen LogP contribution in [0.3, 0.4) is 0 Å². The first-order valence-corrected chi connectivity index (χ1v) is 7.62. The van der Waals surface area contributed by atoms with E-state index < -0.39 is 0 Å². The van der Waals surface area contributed by atoms with Crippen LogP contribution >= 0.6 is 0 Å². The summed E-state index contributed by atoms with van der Waals surface area (Å²) in [6.45, 7) is 3.19. The van der Waals surface area contributed by atoms with Crippen LogP contribution in [0, 0.1) is 11.8 Å². The highest BCUT2D eigenvalue weighted by molar-refractivity contribution is 6.05. The lowest BCUT2D eigenvalue weighted by atomic mass is 9.85. The lowest BCUT2D eigenvalue weighted by molar-refractivity contribution is -0.879. The van der Waals surface area contributed by atoms with E-state index in [1.165, 1.54) is 4.90 Å². The topological polar surface area (TPSA) is 70.9 Å². The van der Waals surface area contributed by atoms with Gasteiger partial charge in [-0.3, -0.25) is 14.4 Å². The molecule has 1 aliphatic carbocycles. The number of likely N-dealkylation sites (tertiary alicyclic amines) is 1. The maximum Gasteiger partial charge on any atom is 0.275 e. The van der Waals surface area contributed by atoms with Crippen molar-refractivity contribution in [3.05, 3.63) is 12.2 Å². The van der Waals surface area contributed by atoms with Crippen molar-refractivity contribution in [2.75, 3.05) is 26.8 Å². The fraction of sp³-hybridized carbons (Fsp3) is 0.667. The van der Waals surface area contributed by atoms with Gasteiger partial charge in [0.1, 0.15) is 0 Å². The van der Waals surface area contributed by atoms with Gasteiger partial charge in [0.05, 0.1) is 18.9 Å². The van der Waals surface area contributed by atoms with Crippen LogP contribution in [0.5, 0.6) is 0 Å². The van der Waals surface area contributed by atoms with Gasteiger partial charge in [-0.15, -0.1) is 0 Å². The molecule has 0 aromatic rings. The molecule has 1 unspecified atom stereocenters. The van der Waals surface area contributed by atoms with E-state index in [0.717, 1.165) is 11.3 Å². The van der Waals surface area contributed by atoms with Gasteiger partial charge in [-0.05, 0) is 19.3 Å². The van der Waals surface area contributed by atoms with E-state index in [1.54, 1.807) is 0 Å². The van der Waals surface area contributed by atoms with Gasteiger partial charge in [-0.1, -0.05) is 19.1 Å². The first-order valence-electron chi connectivity index (χ1n) is 7.62. The number of carbonyl (C=O) groups is 3. The molecule has 0 bridgehead atoms. The van der Waals surface area contributed by atoms with E-state index >= 15 is 0 Å². The van der Waals surface area contributed by atoms with Gasteiger partial charge in [0.25, 0.3) is 5.91 Å². The van der Waals surface area contributed by atoms with E-state index in [9.17, 15) is 14.4 Å². The molecular weight excluding hydrogens is 270 g/mol. The van der Waals surface area contributed by atoms with Crippen LogP contribution in [-0.2, 0) is 14.4 Å². The van der Waals surface area contributed by atoms with Crippen LogP contribution in [0.1, 0.15) is 26.2 Å². The molecule has 2 N–H and O–H groups in total. The van der Waals surface area contributed by atoms with Gasteiger partial charge in [0.15, 0.2) is 13.2 Å². The lowest BCUT2D eigenvalue weighted by Crippen LogP contribution is -3.12. The van der Waals surface area contributed by atoms with E-state index in [2.05, 4.69) is 5.32 Å². The summed E-state index contributed by atoms with van der Waals surface area (Å²) >= 11 is 0. The average Bonchev–Trinajstić information content (AvgIpc) is 2.71. The van der Waals surface area contributed by atoms with Crippen LogP contribution in [0.2, 0.25) is 0 Å². The Bertz CT molecular complexity index is 435. The largest absolute Gasteiger partial charge is 0.351 e. The van der Waals surface area contributed by atoms with Crippen molar-refractivity contribution in [3.8, 4) is 0 Å². The number of hydrogen-bond donors (Lipinski definition) is 2. The average molecular weight is 294 g/mol. The van der Waals surface area contributed by atoms with Crippen molar-refractivity contribution >= 4 is 17.7 Å². The Hall–Kier alpha value is -1.69. The fourth-order valence-electron chi connectivity index (χ4n) is 2.95. The quantitative estimate of drug-likeness (QED) is 0.484. The Morgan fingerprint density at radius 2 is 1.86 bits per heavy atom. The van der Waals surface area contributed by atoms with Gasteiger partial charge in [0, 0.05) is 6.54 Å². The molecule has 1 saturated heterocycles. The summed E-state index contributed by atoms with van der Waals surface area (Å²) < 4.78 is 0. The molecule has 1 heterocycles.